The van der Waals surface area contributed by atoms with Crippen molar-refractivity contribution in [3.05, 3.63) is 12.2 Å². The van der Waals surface area contributed by atoms with E-state index in [-0.39, 0.29) is 5.41 Å². The predicted molar refractivity (Wildman–Crippen MR) is 47.5 cm³/mol. The van der Waals surface area contributed by atoms with E-state index in [0.29, 0.717) is 5.92 Å². The summed E-state index contributed by atoms with van der Waals surface area (Å²) in [6.45, 7) is 11.7. The van der Waals surface area contributed by atoms with Gasteiger partial charge in [-0.3, -0.25) is 0 Å². The summed E-state index contributed by atoms with van der Waals surface area (Å²) in [5.74, 6) is 1.39. The van der Waals surface area contributed by atoms with E-state index in [4.69, 9.17) is 4.74 Å². The lowest BCUT2D eigenvalue weighted by Crippen LogP contribution is -2.48. The highest BCUT2D eigenvalue weighted by atomic mass is 16.5. The van der Waals surface area contributed by atoms with Gasteiger partial charge in [0.2, 0.25) is 0 Å². The van der Waals surface area contributed by atoms with E-state index in [1.54, 1.807) is 7.11 Å². The molecule has 1 rings (SSSR count). The third-order valence-electron chi connectivity index (χ3n) is 3.48. The van der Waals surface area contributed by atoms with Crippen molar-refractivity contribution >= 4 is 0 Å². The lowest BCUT2D eigenvalue weighted by atomic mass is 9.53. The molecule has 0 saturated heterocycles. The molecule has 1 nitrogen and oxygen atoms in total. The van der Waals surface area contributed by atoms with Gasteiger partial charge in [-0.25, -0.2) is 0 Å². The Morgan fingerprint density at radius 1 is 1.55 bits per heavy atom. The van der Waals surface area contributed by atoms with Crippen LogP contribution in [0.5, 0.6) is 0 Å². The number of methoxy groups -OCH3 is 1. The summed E-state index contributed by atoms with van der Waals surface area (Å²) in [6, 6.07) is 0. The summed E-state index contributed by atoms with van der Waals surface area (Å²) in [5, 5.41) is 0. The third kappa shape index (κ3) is 1.02. The highest BCUT2D eigenvalue weighted by Crippen LogP contribution is 2.54. The fourth-order valence-electron chi connectivity index (χ4n) is 2.09. The van der Waals surface area contributed by atoms with Crippen molar-refractivity contribution < 1.29 is 4.74 Å². The van der Waals surface area contributed by atoms with Crippen molar-refractivity contribution in [2.24, 2.45) is 17.3 Å². The number of ether oxygens (including phenoxy) is 1. The standard InChI is InChI=1S/C10H18O/c1-7-8(2)10(4,6-11-5)9(7)3/h7,9H,2,6H2,1,3-5H3/t7-,9-,10-/m0/s1. The van der Waals surface area contributed by atoms with E-state index in [1.807, 2.05) is 0 Å². The molecule has 0 heterocycles. The number of hydrogen-bond donors (Lipinski definition) is 0. The van der Waals surface area contributed by atoms with E-state index in [0.717, 1.165) is 12.5 Å². The van der Waals surface area contributed by atoms with Gasteiger partial charge >= 0.3 is 0 Å². The van der Waals surface area contributed by atoms with Crippen LogP contribution >= 0.6 is 0 Å². The van der Waals surface area contributed by atoms with Gasteiger partial charge in [-0.05, 0) is 11.8 Å². The Labute approximate surface area is 69.4 Å². The van der Waals surface area contributed by atoms with Crippen LogP contribution in [0.1, 0.15) is 20.8 Å². The zero-order valence-corrected chi connectivity index (χ0v) is 7.98. The zero-order valence-electron chi connectivity index (χ0n) is 7.98. The second kappa shape index (κ2) is 2.63. The van der Waals surface area contributed by atoms with Crippen LogP contribution in [-0.2, 0) is 4.74 Å². The Morgan fingerprint density at radius 2 is 2.09 bits per heavy atom. The molecule has 0 unspecified atom stereocenters. The molecule has 3 atom stereocenters. The van der Waals surface area contributed by atoms with Crippen LogP contribution < -0.4 is 0 Å². The van der Waals surface area contributed by atoms with Gasteiger partial charge in [-0.15, -0.1) is 0 Å². The molecule has 11 heavy (non-hydrogen) atoms. The molecule has 0 aromatic rings. The fraction of sp³-hybridized carbons (Fsp3) is 0.800. The van der Waals surface area contributed by atoms with E-state index >= 15 is 0 Å². The van der Waals surface area contributed by atoms with Crippen LogP contribution in [0.15, 0.2) is 12.2 Å². The minimum atomic E-state index is 0.244. The Hall–Kier alpha value is -0.300. The highest BCUT2D eigenvalue weighted by Gasteiger charge is 2.48. The Balaban J connectivity index is 2.66. The maximum Gasteiger partial charge on any atom is 0.0556 e. The second-order valence-corrected chi connectivity index (χ2v) is 3.95. The molecule has 0 aromatic heterocycles. The molecule has 1 fully saturated rings. The molecular formula is C10H18O. The Morgan fingerprint density at radius 3 is 2.45 bits per heavy atom. The van der Waals surface area contributed by atoms with E-state index in [1.165, 1.54) is 5.57 Å². The molecule has 0 aliphatic heterocycles. The first kappa shape index (κ1) is 8.79. The maximum atomic E-state index is 5.18. The minimum absolute atomic E-state index is 0.244. The van der Waals surface area contributed by atoms with Gasteiger partial charge < -0.3 is 4.74 Å². The summed E-state index contributed by atoms with van der Waals surface area (Å²) in [5.41, 5.74) is 1.60. The SMILES string of the molecule is C=C1[C@H](C)[C@H](C)[C@@]1(C)COC. The van der Waals surface area contributed by atoms with E-state index in [9.17, 15) is 0 Å². The lowest BCUT2D eigenvalue weighted by Gasteiger charge is -2.52. The first-order valence-electron chi connectivity index (χ1n) is 4.22. The molecular weight excluding hydrogens is 136 g/mol. The monoisotopic (exact) mass is 154 g/mol. The number of rotatable bonds is 2. The molecule has 1 saturated carbocycles. The summed E-state index contributed by atoms with van der Waals surface area (Å²) in [7, 11) is 1.76. The van der Waals surface area contributed by atoms with Crippen molar-refractivity contribution in [1.82, 2.24) is 0 Å². The summed E-state index contributed by atoms with van der Waals surface area (Å²) >= 11 is 0. The second-order valence-electron chi connectivity index (χ2n) is 3.95. The molecule has 0 N–H and O–H groups in total. The van der Waals surface area contributed by atoms with Gasteiger partial charge in [0, 0.05) is 12.5 Å². The van der Waals surface area contributed by atoms with Crippen molar-refractivity contribution in [2.45, 2.75) is 20.8 Å². The van der Waals surface area contributed by atoms with Crippen molar-refractivity contribution in [1.29, 1.82) is 0 Å². The van der Waals surface area contributed by atoms with Crippen LogP contribution in [0.2, 0.25) is 0 Å². The molecule has 0 spiro atoms. The van der Waals surface area contributed by atoms with Crippen LogP contribution in [-0.4, -0.2) is 13.7 Å². The average molecular weight is 154 g/mol. The van der Waals surface area contributed by atoms with Gasteiger partial charge in [-0.2, -0.15) is 0 Å². The summed E-state index contributed by atoms with van der Waals surface area (Å²) < 4.78 is 5.18. The first-order chi connectivity index (χ1) is 5.04. The summed E-state index contributed by atoms with van der Waals surface area (Å²) in [4.78, 5) is 0. The van der Waals surface area contributed by atoms with Crippen molar-refractivity contribution in [2.75, 3.05) is 13.7 Å². The molecule has 0 radical (unpaired) electrons. The molecule has 0 amide bonds. The van der Waals surface area contributed by atoms with E-state index < -0.39 is 0 Å². The van der Waals surface area contributed by atoms with Gasteiger partial charge in [0.05, 0.1) is 6.61 Å². The quantitative estimate of drug-likeness (QED) is 0.555. The third-order valence-corrected chi connectivity index (χ3v) is 3.48. The smallest absolute Gasteiger partial charge is 0.0556 e. The van der Waals surface area contributed by atoms with Crippen LogP contribution in [0.25, 0.3) is 0 Å². The Bertz CT molecular complexity index is 174. The molecule has 1 aliphatic carbocycles. The van der Waals surface area contributed by atoms with Crippen molar-refractivity contribution in [3.63, 3.8) is 0 Å². The largest absolute Gasteiger partial charge is 0.384 e. The molecule has 64 valence electrons. The first-order valence-corrected chi connectivity index (χ1v) is 4.22. The summed E-state index contributed by atoms with van der Waals surface area (Å²) in [6.07, 6.45) is 0. The molecule has 1 aliphatic rings. The van der Waals surface area contributed by atoms with Crippen LogP contribution in [0.4, 0.5) is 0 Å². The highest BCUT2D eigenvalue weighted by molar-refractivity contribution is 5.25. The predicted octanol–water partition coefficient (Wildman–Crippen LogP) is 2.48. The van der Waals surface area contributed by atoms with Crippen molar-refractivity contribution in [3.8, 4) is 0 Å². The Kier molecular flexibility index (Phi) is 2.10. The van der Waals surface area contributed by atoms with Gasteiger partial charge in [0.25, 0.3) is 0 Å². The van der Waals surface area contributed by atoms with E-state index in [2.05, 4.69) is 27.4 Å². The van der Waals surface area contributed by atoms with Gasteiger partial charge in [0.15, 0.2) is 0 Å². The average Bonchev–Trinajstić information content (AvgIpc) is 2.01. The lowest BCUT2D eigenvalue weighted by molar-refractivity contribution is 0.00456. The minimum Gasteiger partial charge on any atom is -0.384 e. The molecule has 1 heteroatoms. The fourth-order valence-corrected chi connectivity index (χ4v) is 2.09. The van der Waals surface area contributed by atoms with Gasteiger partial charge in [-0.1, -0.05) is 32.9 Å². The number of hydrogen-bond acceptors (Lipinski definition) is 1. The van der Waals surface area contributed by atoms with Crippen LogP contribution in [0, 0.1) is 17.3 Å². The van der Waals surface area contributed by atoms with Gasteiger partial charge in [0.1, 0.15) is 0 Å². The zero-order chi connectivity index (χ0) is 8.65. The molecule has 0 aromatic carbocycles. The molecule has 0 bridgehead atoms. The van der Waals surface area contributed by atoms with Crippen LogP contribution in [0.3, 0.4) is 0 Å². The normalized spacial score (nSPS) is 43.8. The topological polar surface area (TPSA) is 9.23 Å². The maximum absolute atomic E-state index is 5.18.